The highest BCUT2D eigenvalue weighted by molar-refractivity contribution is 5.98. The van der Waals surface area contributed by atoms with Crippen LogP contribution in [0.2, 0.25) is 0 Å². The first-order chi connectivity index (χ1) is 16.1. The summed E-state index contributed by atoms with van der Waals surface area (Å²) in [4.78, 5) is 19.3. The molecule has 33 heavy (non-hydrogen) atoms. The van der Waals surface area contributed by atoms with Gasteiger partial charge >= 0.3 is 5.97 Å². The summed E-state index contributed by atoms with van der Waals surface area (Å²) >= 11 is 0. The third kappa shape index (κ3) is 4.71. The zero-order valence-electron chi connectivity index (χ0n) is 18.7. The summed E-state index contributed by atoms with van der Waals surface area (Å²) in [5.41, 5.74) is 4.02. The molecule has 5 nitrogen and oxygen atoms in total. The van der Waals surface area contributed by atoms with Crippen LogP contribution in [0.15, 0.2) is 48.5 Å². The minimum absolute atomic E-state index is 0.0634. The molecule has 2 fully saturated rings. The van der Waals surface area contributed by atoms with Gasteiger partial charge < -0.3 is 14.7 Å². The lowest BCUT2D eigenvalue weighted by Crippen LogP contribution is -2.33. The van der Waals surface area contributed by atoms with Gasteiger partial charge in [-0.2, -0.15) is 0 Å². The lowest BCUT2D eigenvalue weighted by molar-refractivity contribution is -0.160. The van der Waals surface area contributed by atoms with Gasteiger partial charge in [0.2, 0.25) is 0 Å². The second-order valence-corrected chi connectivity index (χ2v) is 9.10. The number of ether oxygens (including phenoxy) is 1. The van der Waals surface area contributed by atoms with Gasteiger partial charge in [0.1, 0.15) is 17.7 Å². The zero-order chi connectivity index (χ0) is 22.8. The molecule has 0 saturated carbocycles. The Morgan fingerprint density at radius 2 is 1.82 bits per heavy atom. The Balaban J connectivity index is 1.62. The Bertz CT molecular complexity index is 1140. The average molecular weight is 449 g/mol. The van der Waals surface area contributed by atoms with E-state index < -0.39 is 6.10 Å². The smallest absolute Gasteiger partial charge is 0.308 e. The Labute approximate surface area is 193 Å². The van der Waals surface area contributed by atoms with Crippen molar-refractivity contribution in [3.05, 3.63) is 59.9 Å². The Morgan fingerprint density at radius 1 is 1.06 bits per heavy atom. The number of cyclic esters (lactones) is 1. The monoisotopic (exact) mass is 448 g/mol. The average Bonchev–Trinajstić information content (AvgIpc) is 2.82. The topological polar surface area (TPSA) is 62.7 Å². The summed E-state index contributed by atoms with van der Waals surface area (Å²) in [6.07, 6.45) is 4.30. The van der Waals surface area contributed by atoms with Gasteiger partial charge in [0.15, 0.2) is 0 Å². The van der Waals surface area contributed by atoms with Crippen LogP contribution in [0.25, 0.3) is 22.0 Å². The Kier molecular flexibility index (Phi) is 6.27. The number of aliphatic hydroxyl groups excluding tert-OH is 1. The number of aromatic nitrogens is 1. The van der Waals surface area contributed by atoms with Gasteiger partial charge in [0.05, 0.1) is 18.0 Å². The number of carbonyl (C=O) groups excluding carboxylic acids is 1. The first kappa shape index (κ1) is 21.8. The van der Waals surface area contributed by atoms with Gasteiger partial charge in [-0.25, -0.2) is 9.37 Å². The highest BCUT2D eigenvalue weighted by atomic mass is 19.1. The van der Waals surface area contributed by atoms with E-state index in [-0.39, 0.29) is 24.3 Å². The largest absolute Gasteiger partial charge is 0.462 e. The molecule has 1 aromatic heterocycles. The van der Waals surface area contributed by atoms with Crippen molar-refractivity contribution in [3.8, 4) is 11.1 Å². The van der Waals surface area contributed by atoms with Crippen LogP contribution in [0, 0.1) is 5.82 Å². The Morgan fingerprint density at radius 3 is 2.58 bits per heavy atom. The maximum Gasteiger partial charge on any atom is 0.308 e. The van der Waals surface area contributed by atoms with E-state index in [1.54, 1.807) is 0 Å². The third-order valence-corrected chi connectivity index (χ3v) is 6.71. The van der Waals surface area contributed by atoms with Crippen molar-refractivity contribution in [2.45, 2.75) is 57.2 Å². The fourth-order valence-corrected chi connectivity index (χ4v) is 5.13. The van der Waals surface area contributed by atoms with E-state index in [4.69, 9.17) is 9.72 Å². The van der Waals surface area contributed by atoms with Crippen molar-refractivity contribution < 1.29 is 19.0 Å². The third-order valence-electron chi connectivity index (χ3n) is 6.71. The van der Waals surface area contributed by atoms with Crippen molar-refractivity contribution in [1.82, 2.24) is 4.98 Å². The summed E-state index contributed by atoms with van der Waals surface area (Å²) in [6.45, 7) is 1.91. The molecule has 2 aliphatic rings. The van der Waals surface area contributed by atoms with E-state index in [1.165, 1.54) is 18.6 Å². The number of hydrogen-bond donors (Lipinski definition) is 1. The number of nitrogens with zero attached hydrogens (tertiary/aromatic N) is 2. The SMILES string of the molecule is O=C1CC(O)CC(CCc2c(N3CCCCC3)nc3ccccc3c2-c2ccc(F)cc2)O1. The van der Waals surface area contributed by atoms with Crippen LogP contribution in [0.3, 0.4) is 0 Å². The van der Waals surface area contributed by atoms with Gasteiger partial charge in [-0.3, -0.25) is 4.79 Å². The van der Waals surface area contributed by atoms with Crippen LogP contribution in [0.1, 0.15) is 44.1 Å². The number of rotatable bonds is 5. The molecule has 1 N–H and O–H groups in total. The van der Waals surface area contributed by atoms with E-state index >= 15 is 0 Å². The molecule has 172 valence electrons. The summed E-state index contributed by atoms with van der Waals surface area (Å²) in [5, 5.41) is 11.1. The summed E-state index contributed by atoms with van der Waals surface area (Å²) in [7, 11) is 0. The minimum atomic E-state index is -0.649. The molecule has 3 aromatic rings. The highest BCUT2D eigenvalue weighted by Crippen LogP contribution is 2.39. The van der Waals surface area contributed by atoms with E-state index in [1.807, 2.05) is 30.3 Å². The van der Waals surface area contributed by atoms with Crippen molar-refractivity contribution >= 4 is 22.7 Å². The molecule has 0 aliphatic carbocycles. The molecule has 0 bridgehead atoms. The highest BCUT2D eigenvalue weighted by Gasteiger charge is 2.29. The molecule has 0 spiro atoms. The molecule has 2 atom stereocenters. The van der Waals surface area contributed by atoms with Crippen LogP contribution in [-0.2, 0) is 16.0 Å². The summed E-state index contributed by atoms with van der Waals surface area (Å²) in [6, 6.07) is 14.7. The molecule has 5 rings (SSSR count). The van der Waals surface area contributed by atoms with Crippen molar-refractivity contribution in [2.24, 2.45) is 0 Å². The first-order valence-electron chi connectivity index (χ1n) is 11.9. The van der Waals surface area contributed by atoms with Gasteiger partial charge in [-0.1, -0.05) is 30.3 Å². The molecule has 2 aromatic carbocycles. The number of benzene rings is 2. The molecule has 2 aliphatic heterocycles. The zero-order valence-corrected chi connectivity index (χ0v) is 18.7. The number of halogens is 1. The number of piperidine rings is 1. The fourth-order valence-electron chi connectivity index (χ4n) is 5.13. The minimum Gasteiger partial charge on any atom is -0.462 e. The first-order valence-corrected chi connectivity index (χ1v) is 11.9. The van der Waals surface area contributed by atoms with Crippen LogP contribution in [0.4, 0.5) is 10.2 Å². The summed E-state index contributed by atoms with van der Waals surface area (Å²) < 4.78 is 19.3. The van der Waals surface area contributed by atoms with Crippen molar-refractivity contribution in [2.75, 3.05) is 18.0 Å². The molecule has 2 unspecified atom stereocenters. The molecule has 0 amide bonds. The fraction of sp³-hybridized carbons (Fsp3) is 0.407. The van der Waals surface area contributed by atoms with E-state index in [9.17, 15) is 14.3 Å². The maximum absolute atomic E-state index is 13.8. The lowest BCUT2D eigenvalue weighted by Gasteiger charge is -2.32. The quantitative estimate of drug-likeness (QED) is 0.555. The van der Waals surface area contributed by atoms with Crippen molar-refractivity contribution in [3.63, 3.8) is 0 Å². The van der Waals surface area contributed by atoms with Crippen LogP contribution in [0.5, 0.6) is 0 Å². The van der Waals surface area contributed by atoms with Gasteiger partial charge in [0.25, 0.3) is 0 Å². The molecule has 6 heteroatoms. The van der Waals surface area contributed by atoms with Crippen LogP contribution < -0.4 is 4.90 Å². The van der Waals surface area contributed by atoms with Gasteiger partial charge in [-0.15, -0.1) is 0 Å². The number of carbonyl (C=O) groups is 1. The standard InChI is InChI=1S/C27H29FN2O3/c28-19-10-8-18(9-11-19)26-22-6-2-3-7-24(22)29-27(30-14-4-1-5-15-30)23(26)13-12-21-16-20(31)17-25(32)33-21/h2-3,6-11,20-21,31H,1,4-5,12-17H2. The molecule has 3 heterocycles. The normalized spacial score (nSPS) is 21.3. The number of hydrogen-bond acceptors (Lipinski definition) is 5. The van der Waals surface area contributed by atoms with Crippen molar-refractivity contribution in [1.29, 1.82) is 0 Å². The predicted octanol–water partition coefficient (Wildman–Crippen LogP) is 5.03. The second-order valence-electron chi connectivity index (χ2n) is 9.10. The molecular weight excluding hydrogens is 419 g/mol. The summed E-state index contributed by atoms with van der Waals surface area (Å²) in [5.74, 6) is 0.360. The maximum atomic E-state index is 13.8. The second kappa shape index (κ2) is 9.48. The molecular formula is C27H29FN2O3. The number of fused-ring (bicyclic) bond motifs is 1. The number of anilines is 1. The van der Waals surface area contributed by atoms with Gasteiger partial charge in [-0.05, 0) is 61.4 Å². The van der Waals surface area contributed by atoms with Crippen LogP contribution >= 0.6 is 0 Å². The molecule has 0 radical (unpaired) electrons. The van der Waals surface area contributed by atoms with Gasteiger partial charge in [0, 0.05) is 30.5 Å². The number of esters is 1. The van der Waals surface area contributed by atoms with E-state index in [2.05, 4.69) is 11.0 Å². The Hall–Kier alpha value is -2.99. The molecule has 2 saturated heterocycles. The number of aliphatic hydroxyl groups is 1. The number of pyridine rings is 1. The predicted molar refractivity (Wildman–Crippen MR) is 127 cm³/mol. The van der Waals surface area contributed by atoms with E-state index in [0.717, 1.165) is 59.3 Å². The lowest BCUT2D eigenvalue weighted by atomic mass is 9.90. The number of para-hydroxylation sites is 1. The van der Waals surface area contributed by atoms with Crippen LogP contribution in [-0.4, -0.2) is 41.4 Å². The van der Waals surface area contributed by atoms with E-state index in [0.29, 0.717) is 19.3 Å².